The maximum atomic E-state index is 12.4. The number of nitrogens with zero attached hydrogens (tertiary/aromatic N) is 4. The Morgan fingerprint density at radius 1 is 1.22 bits per heavy atom. The van der Waals surface area contributed by atoms with E-state index < -0.39 is 36.0 Å². The zero-order valence-electron chi connectivity index (χ0n) is 15.0. The lowest BCUT2D eigenvalue weighted by Crippen LogP contribution is -2.69. The summed E-state index contributed by atoms with van der Waals surface area (Å²) >= 11 is 0. The molecule has 1 saturated heterocycles. The molecule has 0 aliphatic carbocycles. The van der Waals surface area contributed by atoms with Gasteiger partial charge in [-0.05, 0) is 24.9 Å². The van der Waals surface area contributed by atoms with Crippen molar-refractivity contribution in [3.05, 3.63) is 52.4 Å². The van der Waals surface area contributed by atoms with Gasteiger partial charge in [-0.2, -0.15) is 0 Å². The van der Waals surface area contributed by atoms with Crippen LogP contribution in [-0.2, 0) is 23.9 Å². The van der Waals surface area contributed by atoms with Gasteiger partial charge in [-0.25, -0.2) is 9.59 Å². The van der Waals surface area contributed by atoms with Crippen LogP contribution in [0.25, 0.3) is 16.5 Å². The van der Waals surface area contributed by atoms with E-state index in [0.717, 1.165) is 10.5 Å². The van der Waals surface area contributed by atoms with Crippen LogP contribution in [0.4, 0.5) is 0 Å². The number of likely N-dealkylation sites (tertiary alicyclic amines) is 1. The summed E-state index contributed by atoms with van der Waals surface area (Å²) in [6.07, 6.45) is 3.33. The first-order valence-corrected chi connectivity index (χ1v) is 8.48. The first kappa shape index (κ1) is 20.0. The molecule has 1 aliphatic rings. The highest BCUT2D eigenvalue weighted by Gasteiger charge is 2.54. The molecular weight excluding hydrogens is 352 g/mol. The second kappa shape index (κ2) is 9.40. The van der Waals surface area contributed by atoms with E-state index in [-0.39, 0.29) is 13.2 Å². The first-order valence-electron chi connectivity index (χ1n) is 8.48. The summed E-state index contributed by atoms with van der Waals surface area (Å²) in [6.45, 7) is 3.27. The van der Waals surface area contributed by atoms with E-state index in [2.05, 4.69) is 10.0 Å². The maximum absolute atomic E-state index is 12.4. The Bertz CT molecular complexity index is 755. The Morgan fingerprint density at radius 2 is 1.81 bits per heavy atom. The minimum atomic E-state index is -1.55. The van der Waals surface area contributed by atoms with Gasteiger partial charge in [0.1, 0.15) is 6.04 Å². The molecule has 1 aromatic rings. The Kier molecular flexibility index (Phi) is 6.96. The molecule has 2 rings (SSSR count). The molecule has 0 spiro atoms. The fourth-order valence-corrected chi connectivity index (χ4v) is 2.73. The third-order valence-electron chi connectivity index (χ3n) is 3.91. The maximum Gasteiger partial charge on any atom is 0.340 e. The highest BCUT2D eigenvalue weighted by Crippen LogP contribution is 2.29. The Hall–Kier alpha value is -3.32. The van der Waals surface area contributed by atoms with Crippen LogP contribution in [0, 0.1) is 0 Å². The van der Waals surface area contributed by atoms with E-state index in [1.165, 1.54) is 0 Å². The Balaban J connectivity index is 2.34. The zero-order valence-corrected chi connectivity index (χ0v) is 15.0. The van der Waals surface area contributed by atoms with Crippen LogP contribution in [0.2, 0.25) is 0 Å². The molecule has 27 heavy (non-hydrogen) atoms. The molecule has 2 atom stereocenters. The van der Waals surface area contributed by atoms with E-state index in [9.17, 15) is 14.4 Å². The minimum Gasteiger partial charge on any atom is -0.464 e. The summed E-state index contributed by atoms with van der Waals surface area (Å²) < 4.78 is 9.84. The van der Waals surface area contributed by atoms with Crippen molar-refractivity contribution in [3.63, 3.8) is 0 Å². The van der Waals surface area contributed by atoms with E-state index in [1.807, 2.05) is 30.3 Å². The largest absolute Gasteiger partial charge is 0.464 e. The van der Waals surface area contributed by atoms with Crippen molar-refractivity contribution in [3.8, 4) is 0 Å². The number of hydrogen-bond donors (Lipinski definition) is 0. The molecule has 9 nitrogen and oxygen atoms in total. The van der Waals surface area contributed by atoms with Crippen LogP contribution in [0.1, 0.15) is 19.4 Å². The van der Waals surface area contributed by atoms with Gasteiger partial charge in [-0.1, -0.05) is 47.6 Å². The topological polar surface area (TPSA) is 122 Å². The fraction of sp³-hybridized carbons (Fsp3) is 0.389. The summed E-state index contributed by atoms with van der Waals surface area (Å²) in [5.41, 5.74) is 9.56. The SMILES string of the molecule is CCOC(=O)C(C(=O)OCC)N1C(=O)[C@@H](N=[N+]=[N-])[C@H]1/C=C/c1ccccc1. The number of amides is 1. The number of rotatable bonds is 8. The third kappa shape index (κ3) is 4.45. The lowest BCUT2D eigenvalue weighted by molar-refractivity contribution is -0.175. The summed E-state index contributed by atoms with van der Waals surface area (Å²) in [5, 5.41) is 3.48. The van der Waals surface area contributed by atoms with Gasteiger partial charge in [0.15, 0.2) is 0 Å². The first-order chi connectivity index (χ1) is 13.0. The fourth-order valence-electron chi connectivity index (χ4n) is 2.73. The van der Waals surface area contributed by atoms with Crippen molar-refractivity contribution in [1.82, 2.24) is 4.90 Å². The quantitative estimate of drug-likeness (QED) is 0.173. The average Bonchev–Trinajstić information content (AvgIpc) is 2.67. The van der Waals surface area contributed by atoms with Gasteiger partial charge in [0, 0.05) is 4.91 Å². The van der Waals surface area contributed by atoms with Crippen molar-refractivity contribution in [2.45, 2.75) is 32.0 Å². The molecule has 1 heterocycles. The number of hydrogen-bond acceptors (Lipinski definition) is 6. The number of ether oxygens (including phenoxy) is 2. The van der Waals surface area contributed by atoms with Crippen molar-refractivity contribution in [2.24, 2.45) is 5.11 Å². The van der Waals surface area contributed by atoms with E-state index in [4.69, 9.17) is 15.0 Å². The molecular formula is C18H20N4O5. The van der Waals surface area contributed by atoms with Gasteiger partial charge in [0.25, 0.3) is 0 Å². The molecule has 142 valence electrons. The van der Waals surface area contributed by atoms with E-state index in [1.54, 1.807) is 26.0 Å². The minimum absolute atomic E-state index is 0.0427. The van der Waals surface area contributed by atoms with Crippen LogP contribution in [0.5, 0.6) is 0 Å². The zero-order chi connectivity index (χ0) is 19.8. The molecule has 0 aromatic heterocycles. The summed E-state index contributed by atoms with van der Waals surface area (Å²) in [6, 6.07) is 5.87. The Morgan fingerprint density at radius 3 is 2.33 bits per heavy atom. The standard InChI is InChI=1S/C18H20N4O5/c1-3-26-17(24)15(18(25)27-4-2)22-13(14(16(22)23)20-21-19)11-10-12-8-6-5-7-9-12/h5-11,13-15H,3-4H2,1-2H3/b11-10+/t13-,14+/m1/s1. The summed E-state index contributed by atoms with van der Waals surface area (Å²) in [4.78, 5) is 40.7. The monoisotopic (exact) mass is 372 g/mol. The van der Waals surface area contributed by atoms with Crippen molar-refractivity contribution < 1.29 is 23.9 Å². The molecule has 0 radical (unpaired) electrons. The van der Waals surface area contributed by atoms with Crippen molar-refractivity contribution in [2.75, 3.05) is 13.2 Å². The molecule has 0 bridgehead atoms. The van der Waals surface area contributed by atoms with E-state index in [0.29, 0.717) is 0 Å². The van der Waals surface area contributed by atoms with Crippen LogP contribution < -0.4 is 0 Å². The molecule has 1 aliphatic heterocycles. The molecule has 1 amide bonds. The molecule has 0 saturated carbocycles. The van der Waals surface area contributed by atoms with Crippen molar-refractivity contribution >= 4 is 23.9 Å². The summed E-state index contributed by atoms with van der Waals surface area (Å²) in [5.74, 6) is -2.41. The van der Waals surface area contributed by atoms with Crippen molar-refractivity contribution in [1.29, 1.82) is 0 Å². The number of benzene rings is 1. The van der Waals surface area contributed by atoms with Gasteiger partial charge < -0.3 is 14.4 Å². The lowest BCUT2D eigenvalue weighted by Gasteiger charge is -2.46. The van der Waals surface area contributed by atoms with Gasteiger partial charge in [0.2, 0.25) is 11.9 Å². The molecule has 1 aromatic carbocycles. The van der Waals surface area contributed by atoms with Gasteiger partial charge >= 0.3 is 11.9 Å². The number of carbonyl (C=O) groups is 3. The number of azide groups is 1. The molecule has 0 N–H and O–H groups in total. The number of carbonyl (C=O) groups excluding carboxylic acids is 3. The van der Waals surface area contributed by atoms with Crippen LogP contribution in [0.3, 0.4) is 0 Å². The van der Waals surface area contributed by atoms with Gasteiger partial charge in [-0.3, -0.25) is 4.79 Å². The molecule has 1 fully saturated rings. The lowest BCUT2D eigenvalue weighted by atomic mass is 9.92. The predicted molar refractivity (Wildman–Crippen MR) is 96.1 cm³/mol. The number of esters is 2. The van der Waals surface area contributed by atoms with E-state index >= 15 is 0 Å². The molecule has 0 unspecified atom stereocenters. The second-order valence-electron chi connectivity index (χ2n) is 5.56. The van der Waals surface area contributed by atoms with Crippen LogP contribution >= 0.6 is 0 Å². The van der Waals surface area contributed by atoms with Crippen LogP contribution in [-0.4, -0.2) is 54.1 Å². The van der Waals surface area contributed by atoms with Gasteiger partial charge in [-0.15, -0.1) is 0 Å². The average molecular weight is 372 g/mol. The highest BCUT2D eigenvalue weighted by atomic mass is 16.6. The molecule has 9 heteroatoms. The third-order valence-corrected chi connectivity index (χ3v) is 3.91. The summed E-state index contributed by atoms with van der Waals surface area (Å²) in [7, 11) is 0. The Labute approximate surface area is 156 Å². The predicted octanol–water partition coefficient (Wildman–Crippen LogP) is 2.08. The van der Waals surface area contributed by atoms with Crippen LogP contribution in [0.15, 0.2) is 41.5 Å². The van der Waals surface area contributed by atoms with Gasteiger partial charge in [0.05, 0.1) is 19.3 Å². The highest BCUT2D eigenvalue weighted by molar-refractivity contribution is 6.05. The number of β-lactam (4-membered cyclic amide) rings is 1. The second-order valence-corrected chi connectivity index (χ2v) is 5.56. The smallest absolute Gasteiger partial charge is 0.340 e. The normalized spacial score (nSPS) is 18.8.